The molecule has 0 spiro atoms. The fourth-order valence-corrected chi connectivity index (χ4v) is 2.30. The molecule has 94 valence electrons. The molecule has 1 aliphatic heterocycles. The Labute approximate surface area is 104 Å². The van der Waals surface area contributed by atoms with Crippen LogP contribution in [0.2, 0.25) is 0 Å². The number of hydrogen-bond donors (Lipinski definition) is 2. The smallest absolute Gasteiger partial charge is 0.142 e. The molecule has 1 aromatic carbocycles. The predicted molar refractivity (Wildman–Crippen MR) is 71.9 cm³/mol. The standard InChI is InChI=1S/C14H22N2O/c1-11-5-6-13(14(10-11)17-2)16-12-4-3-8-15-9-7-12/h5-6,10,12,15-16H,3-4,7-9H2,1-2H3. The highest BCUT2D eigenvalue weighted by atomic mass is 16.5. The molecule has 2 N–H and O–H groups in total. The lowest BCUT2D eigenvalue weighted by Gasteiger charge is -2.19. The quantitative estimate of drug-likeness (QED) is 0.843. The van der Waals surface area contributed by atoms with Crippen LogP contribution in [0, 0.1) is 6.92 Å². The van der Waals surface area contributed by atoms with Gasteiger partial charge in [-0.1, -0.05) is 6.07 Å². The molecule has 0 aliphatic carbocycles. The molecular formula is C14H22N2O. The molecule has 1 saturated heterocycles. The molecule has 0 saturated carbocycles. The Morgan fingerprint density at radius 1 is 1.29 bits per heavy atom. The van der Waals surface area contributed by atoms with Crippen molar-refractivity contribution in [1.82, 2.24) is 5.32 Å². The lowest BCUT2D eigenvalue weighted by atomic mass is 10.1. The van der Waals surface area contributed by atoms with Crippen LogP contribution < -0.4 is 15.4 Å². The molecular weight excluding hydrogens is 212 g/mol. The first kappa shape index (κ1) is 12.2. The minimum Gasteiger partial charge on any atom is -0.495 e. The summed E-state index contributed by atoms with van der Waals surface area (Å²) in [6.07, 6.45) is 3.65. The monoisotopic (exact) mass is 234 g/mol. The summed E-state index contributed by atoms with van der Waals surface area (Å²) >= 11 is 0. The van der Waals surface area contributed by atoms with Crippen LogP contribution in [0.25, 0.3) is 0 Å². The second-order valence-electron chi connectivity index (χ2n) is 4.73. The summed E-state index contributed by atoms with van der Waals surface area (Å²) in [5, 5.41) is 7.03. The van der Waals surface area contributed by atoms with Crippen molar-refractivity contribution < 1.29 is 4.74 Å². The molecule has 1 atom stereocenters. The van der Waals surface area contributed by atoms with E-state index in [1.165, 1.54) is 24.8 Å². The van der Waals surface area contributed by atoms with Crippen molar-refractivity contribution in [3.63, 3.8) is 0 Å². The predicted octanol–water partition coefficient (Wildman–Crippen LogP) is 2.56. The van der Waals surface area contributed by atoms with E-state index in [2.05, 4.69) is 35.8 Å². The van der Waals surface area contributed by atoms with Crippen molar-refractivity contribution in [1.29, 1.82) is 0 Å². The average molecular weight is 234 g/mol. The summed E-state index contributed by atoms with van der Waals surface area (Å²) in [7, 11) is 1.73. The van der Waals surface area contributed by atoms with Crippen LogP contribution in [0.1, 0.15) is 24.8 Å². The maximum absolute atomic E-state index is 5.42. The highest BCUT2D eigenvalue weighted by molar-refractivity contribution is 5.58. The van der Waals surface area contributed by atoms with Gasteiger partial charge in [0, 0.05) is 6.04 Å². The van der Waals surface area contributed by atoms with E-state index in [-0.39, 0.29) is 0 Å². The Morgan fingerprint density at radius 3 is 3.00 bits per heavy atom. The number of hydrogen-bond acceptors (Lipinski definition) is 3. The zero-order valence-electron chi connectivity index (χ0n) is 10.8. The van der Waals surface area contributed by atoms with Gasteiger partial charge in [-0.25, -0.2) is 0 Å². The van der Waals surface area contributed by atoms with Gasteiger partial charge in [0.05, 0.1) is 12.8 Å². The van der Waals surface area contributed by atoms with Crippen LogP contribution in [0.15, 0.2) is 18.2 Å². The van der Waals surface area contributed by atoms with Crippen LogP contribution in [-0.4, -0.2) is 26.2 Å². The van der Waals surface area contributed by atoms with E-state index >= 15 is 0 Å². The van der Waals surface area contributed by atoms with Crippen molar-refractivity contribution in [2.75, 3.05) is 25.5 Å². The minimum atomic E-state index is 0.557. The van der Waals surface area contributed by atoms with Crippen LogP contribution in [0.4, 0.5) is 5.69 Å². The molecule has 1 aromatic rings. The maximum atomic E-state index is 5.42. The molecule has 2 rings (SSSR count). The lowest BCUT2D eigenvalue weighted by Crippen LogP contribution is -2.21. The summed E-state index contributed by atoms with van der Waals surface area (Å²) in [6, 6.07) is 6.88. The number of anilines is 1. The molecule has 17 heavy (non-hydrogen) atoms. The average Bonchev–Trinajstić information content (AvgIpc) is 2.60. The Kier molecular flexibility index (Phi) is 4.26. The van der Waals surface area contributed by atoms with Gasteiger partial charge in [-0.05, 0) is 57.0 Å². The van der Waals surface area contributed by atoms with Gasteiger partial charge in [-0.15, -0.1) is 0 Å². The SMILES string of the molecule is COc1cc(C)ccc1NC1CCCNCC1. The molecule has 0 bridgehead atoms. The highest BCUT2D eigenvalue weighted by Gasteiger charge is 2.13. The van der Waals surface area contributed by atoms with Crippen LogP contribution in [0.5, 0.6) is 5.75 Å². The van der Waals surface area contributed by atoms with E-state index in [1.807, 2.05) is 0 Å². The number of rotatable bonds is 3. The van der Waals surface area contributed by atoms with E-state index in [0.29, 0.717) is 6.04 Å². The molecule has 0 radical (unpaired) electrons. The van der Waals surface area contributed by atoms with Crippen molar-refractivity contribution in [3.05, 3.63) is 23.8 Å². The summed E-state index contributed by atoms with van der Waals surface area (Å²) in [5.41, 5.74) is 2.35. The summed E-state index contributed by atoms with van der Waals surface area (Å²) < 4.78 is 5.42. The summed E-state index contributed by atoms with van der Waals surface area (Å²) in [5.74, 6) is 0.946. The Balaban J connectivity index is 2.06. The maximum Gasteiger partial charge on any atom is 0.142 e. The molecule has 1 heterocycles. The topological polar surface area (TPSA) is 33.3 Å². The molecule has 3 heteroatoms. The van der Waals surface area contributed by atoms with Crippen molar-refractivity contribution >= 4 is 5.69 Å². The van der Waals surface area contributed by atoms with Crippen LogP contribution in [0.3, 0.4) is 0 Å². The number of methoxy groups -OCH3 is 1. The van der Waals surface area contributed by atoms with Gasteiger partial charge in [0.15, 0.2) is 0 Å². The van der Waals surface area contributed by atoms with Crippen molar-refractivity contribution in [3.8, 4) is 5.75 Å². The van der Waals surface area contributed by atoms with E-state index in [9.17, 15) is 0 Å². The largest absolute Gasteiger partial charge is 0.495 e. The van der Waals surface area contributed by atoms with Gasteiger partial charge in [0.2, 0.25) is 0 Å². The zero-order chi connectivity index (χ0) is 12.1. The number of nitrogens with one attached hydrogen (secondary N) is 2. The fourth-order valence-electron chi connectivity index (χ4n) is 2.30. The third-order valence-corrected chi connectivity index (χ3v) is 3.29. The first-order valence-corrected chi connectivity index (χ1v) is 6.41. The van der Waals surface area contributed by atoms with Crippen LogP contribution in [-0.2, 0) is 0 Å². The van der Waals surface area contributed by atoms with E-state index < -0.39 is 0 Å². The number of benzene rings is 1. The Morgan fingerprint density at radius 2 is 2.18 bits per heavy atom. The first-order valence-electron chi connectivity index (χ1n) is 6.41. The highest BCUT2D eigenvalue weighted by Crippen LogP contribution is 2.27. The van der Waals surface area contributed by atoms with E-state index in [1.54, 1.807) is 7.11 Å². The Hall–Kier alpha value is -1.22. The van der Waals surface area contributed by atoms with Gasteiger partial charge in [0.1, 0.15) is 5.75 Å². The van der Waals surface area contributed by atoms with Crippen molar-refractivity contribution in [2.24, 2.45) is 0 Å². The second-order valence-corrected chi connectivity index (χ2v) is 4.73. The second kappa shape index (κ2) is 5.92. The molecule has 0 amide bonds. The third-order valence-electron chi connectivity index (χ3n) is 3.29. The molecule has 1 unspecified atom stereocenters. The normalized spacial score (nSPS) is 20.7. The third kappa shape index (κ3) is 3.37. The van der Waals surface area contributed by atoms with Gasteiger partial charge >= 0.3 is 0 Å². The number of ether oxygens (including phenoxy) is 1. The summed E-state index contributed by atoms with van der Waals surface area (Å²) in [6.45, 7) is 4.33. The number of aryl methyl sites for hydroxylation is 1. The first-order chi connectivity index (χ1) is 8.29. The summed E-state index contributed by atoms with van der Waals surface area (Å²) in [4.78, 5) is 0. The van der Waals surface area contributed by atoms with Gasteiger partial charge in [-0.2, -0.15) is 0 Å². The fraction of sp³-hybridized carbons (Fsp3) is 0.571. The van der Waals surface area contributed by atoms with Gasteiger partial charge in [-0.3, -0.25) is 0 Å². The van der Waals surface area contributed by atoms with Gasteiger partial charge < -0.3 is 15.4 Å². The van der Waals surface area contributed by atoms with E-state index in [4.69, 9.17) is 4.74 Å². The van der Waals surface area contributed by atoms with E-state index in [0.717, 1.165) is 24.5 Å². The van der Waals surface area contributed by atoms with Gasteiger partial charge in [0.25, 0.3) is 0 Å². The van der Waals surface area contributed by atoms with Crippen LogP contribution >= 0.6 is 0 Å². The minimum absolute atomic E-state index is 0.557. The molecule has 1 aliphatic rings. The Bertz CT molecular complexity index is 357. The van der Waals surface area contributed by atoms with Crippen molar-refractivity contribution in [2.45, 2.75) is 32.2 Å². The lowest BCUT2D eigenvalue weighted by molar-refractivity contribution is 0.415. The molecule has 0 aromatic heterocycles. The zero-order valence-corrected chi connectivity index (χ0v) is 10.8. The molecule has 3 nitrogen and oxygen atoms in total. The molecule has 1 fully saturated rings.